The maximum absolute atomic E-state index is 10.8. The third-order valence-corrected chi connectivity index (χ3v) is 6.69. The van der Waals surface area contributed by atoms with Crippen LogP contribution in [0.5, 0.6) is 5.75 Å². The van der Waals surface area contributed by atoms with Crippen LogP contribution in [0.2, 0.25) is 0 Å². The Hall–Kier alpha value is -3.32. The number of piperidine rings is 1. The number of imidazole rings is 1. The molecule has 3 aromatic rings. The van der Waals surface area contributed by atoms with Gasteiger partial charge in [-0.25, -0.2) is 4.98 Å². The van der Waals surface area contributed by atoms with Crippen molar-refractivity contribution in [1.29, 1.82) is 5.41 Å². The zero-order chi connectivity index (χ0) is 22.2. The third kappa shape index (κ3) is 3.62. The Bertz CT molecular complexity index is 1180. The highest BCUT2D eigenvalue weighted by Crippen LogP contribution is 2.33. The number of ether oxygens (including phenoxy) is 1. The zero-order valence-electron chi connectivity index (χ0n) is 18.6. The van der Waals surface area contributed by atoms with Crippen molar-refractivity contribution in [1.82, 2.24) is 19.4 Å². The Labute approximate surface area is 188 Å². The molecule has 1 saturated heterocycles. The SMILES string of the molecule is COc1ccc2c(c1)nc(C1=C(O)CN(C3CCN(Cc4ccccc4)CC3)C1=N)n2C. The van der Waals surface area contributed by atoms with Gasteiger partial charge in [0, 0.05) is 38.8 Å². The summed E-state index contributed by atoms with van der Waals surface area (Å²) in [5.74, 6) is 1.96. The van der Waals surface area contributed by atoms with Gasteiger partial charge in [-0.15, -0.1) is 0 Å². The van der Waals surface area contributed by atoms with E-state index in [-0.39, 0.29) is 11.8 Å². The summed E-state index contributed by atoms with van der Waals surface area (Å²) in [6.07, 6.45) is 1.96. The van der Waals surface area contributed by atoms with E-state index in [0.29, 0.717) is 23.8 Å². The minimum Gasteiger partial charge on any atom is -0.510 e. The molecule has 32 heavy (non-hydrogen) atoms. The molecule has 0 aliphatic carbocycles. The molecule has 1 aromatic heterocycles. The normalized spacial score (nSPS) is 18.2. The summed E-state index contributed by atoms with van der Waals surface area (Å²) < 4.78 is 7.26. The van der Waals surface area contributed by atoms with Gasteiger partial charge in [-0.3, -0.25) is 10.3 Å². The van der Waals surface area contributed by atoms with E-state index in [1.54, 1.807) is 7.11 Å². The molecule has 0 radical (unpaired) electrons. The lowest BCUT2D eigenvalue weighted by Gasteiger charge is -2.37. The van der Waals surface area contributed by atoms with E-state index in [2.05, 4.69) is 29.2 Å². The first-order chi connectivity index (χ1) is 15.5. The molecule has 0 unspecified atom stereocenters. The molecule has 0 saturated carbocycles. The number of hydrogen-bond donors (Lipinski definition) is 2. The molecular weight excluding hydrogens is 402 g/mol. The van der Waals surface area contributed by atoms with Crippen LogP contribution < -0.4 is 4.74 Å². The van der Waals surface area contributed by atoms with Crippen LogP contribution in [0.25, 0.3) is 16.6 Å². The minimum atomic E-state index is 0.229. The van der Waals surface area contributed by atoms with E-state index < -0.39 is 0 Å². The highest BCUT2D eigenvalue weighted by Gasteiger charge is 2.36. The van der Waals surface area contributed by atoms with E-state index in [0.717, 1.165) is 49.3 Å². The molecule has 2 aliphatic rings. The average molecular weight is 432 g/mol. The van der Waals surface area contributed by atoms with Crippen LogP contribution in [-0.4, -0.2) is 63.1 Å². The monoisotopic (exact) mass is 431 g/mol. The molecule has 0 atom stereocenters. The van der Waals surface area contributed by atoms with E-state index >= 15 is 0 Å². The van der Waals surface area contributed by atoms with Crippen LogP contribution in [0.3, 0.4) is 0 Å². The average Bonchev–Trinajstić information content (AvgIpc) is 3.29. The molecule has 2 aromatic carbocycles. The number of aryl methyl sites for hydroxylation is 1. The minimum absolute atomic E-state index is 0.229. The van der Waals surface area contributed by atoms with Gasteiger partial charge in [-0.1, -0.05) is 30.3 Å². The van der Waals surface area contributed by atoms with Crippen molar-refractivity contribution in [3.05, 3.63) is 65.7 Å². The number of aromatic nitrogens is 2. The van der Waals surface area contributed by atoms with Crippen LogP contribution in [0.4, 0.5) is 0 Å². The summed E-state index contributed by atoms with van der Waals surface area (Å²) in [5, 5.41) is 19.7. The van der Waals surface area contributed by atoms with Crippen molar-refractivity contribution in [2.75, 3.05) is 26.7 Å². The van der Waals surface area contributed by atoms with Gasteiger partial charge in [0.2, 0.25) is 0 Å². The van der Waals surface area contributed by atoms with Gasteiger partial charge in [0.25, 0.3) is 0 Å². The largest absolute Gasteiger partial charge is 0.510 e. The van der Waals surface area contributed by atoms with E-state index in [1.807, 2.05) is 40.8 Å². The molecular formula is C25H29N5O2. The molecule has 5 rings (SSSR count). The summed E-state index contributed by atoms with van der Waals surface area (Å²) >= 11 is 0. The van der Waals surface area contributed by atoms with Crippen molar-refractivity contribution in [2.24, 2.45) is 7.05 Å². The molecule has 0 spiro atoms. The molecule has 3 heterocycles. The van der Waals surface area contributed by atoms with E-state index in [4.69, 9.17) is 15.1 Å². The van der Waals surface area contributed by atoms with Crippen molar-refractivity contribution < 1.29 is 9.84 Å². The number of nitrogens with zero attached hydrogens (tertiary/aromatic N) is 4. The molecule has 0 bridgehead atoms. The van der Waals surface area contributed by atoms with Gasteiger partial charge in [0.05, 0.1) is 30.3 Å². The Morgan fingerprint density at radius 2 is 1.88 bits per heavy atom. The number of aliphatic hydroxyl groups is 1. The summed E-state index contributed by atoms with van der Waals surface area (Å²) in [6.45, 7) is 3.32. The first-order valence-electron chi connectivity index (χ1n) is 11.1. The smallest absolute Gasteiger partial charge is 0.148 e. The van der Waals surface area contributed by atoms with E-state index in [9.17, 15) is 5.11 Å². The van der Waals surface area contributed by atoms with Gasteiger partial charge in [-0.2, -0.15) is 0 Å². The molecule has 0 amide bonds. The number of aliphatic hydroxyl groups excluding tert-OH is 1. The summed E-state index contributed by atoms with van der Waals surface area (Å²) in [4.78, 5) is 9.25. The number of amidine groups is 1. The van der Waals surface area contributed by atoms with Crippen LogP contribution in [0.1, 0.15) is 24.2 Å². The lowest BCUT2D eigenvalue weighted by Crippen LogP contribution is -2.45. The Balaban J connectivity index is 1.30. The third-order valence-electron chi connectivity index (χ3n) is 6.69. The maximum atomic E-state index is 10.8. The Morgan fingerprint density at radius 1 is 1.12 bits per heavy atom. The fourth-order valence-corrected chi connectivity index (χ4v) is 4.91. The van der Waals surface area contributed by atoms with Gasteiger partial charge in [-0.05, 0) is 30.5 Å². The van der Waals surface area contributed by atoms with Gasteiger partial charge < -0.3 is 19.3 Å². The highest BCUT2D eigenvalue weighted by atomic mass is 16.5. The molecule has 7 heteroatoms. The highest BCUT2D eigenvalue weighted by molar-refractivity contribution is 6.23. The lowest BCUT2D eigenvalue weighted by atomic mass is 10.0. The van der Waals surface area contributed by atoms with Crippen molar-refractivity contribution in [3.63, 3.8) is 0 Å². The first-order valence-corrected chi connectivity index (χ1v) is 11.1. The second-order valence-corrected chi connectivity index (χ2v) is 8.64. The maximum Gasteiger partial charge on any atom is 0.148 e. The van der Waals surface area contributed by atoms with Crippen LogP contribution in [-0.2, 0) is 13.6 Å². The van der Waals surface area contributed by atoms with Gasteiger partial charge >= 0.3 is 0 Å². The predicted octanol–water partition coefficient (Wildman–Crippen LogP) is 3.81. The van der Waals surface area contributed by atoms with Gasteiger partial charge in [0.15, 0.2) is 0 Å². The Morgan fingerprint density at radius 3 is 2.59 bits per heavy atom. The van der Waals surface area contributed by atoms with E-state index in [1.165, 1.54) is 5.56 Å². The molecule has 1 fully saturated rings. The fraction of sp³-hybridized carbons (Fsp3) is 0.360. The number of rotatable bonds is 5. The van der Waals surface area contributed by atoms with Crippen molar-refractivity contribution in [2.45, 2.75) is 25.4 Å². The number of nitrogens with one attached hydrogen (secondary N) is 1. The van der Waals surface area contributed by atoms with Crippen LogP contribution in [0, 0.1) is 5.41 Å². The van der Waals surface area contributed by atoms with Crippen LogP contribution >= 0.6 is 0 Å². The van der Waals surface area contributed by atoms with Crippen molar-refractivity contribution >= 4 is 22.4 Å². The number of hydrogen-bond acceptors (Lipinski definition) is 5. The predicted molar refractivity (Wildman–Crippen MR) is 126 cm³/mol. The second-order valence-electron chi connectivity index (χ2n) is 8.64. The van der Waals surface area contributed by atoms with Crippen molar-refractivity contribution in [3.8, 4) is 5.75 Å². The molecule has 166 valence electrons. The number of likely N-dealkylation sites (tertiary alicyclic amines) is 1. The summed E-state index contributed by atoms with van der Waals surface area (Å²) in [5.41, 5.74) is 3.61. The summed E-state index contributed by atoms with van der Waals surface area (Å²) in [6, 6.07) is 16.6. The quantitative estimate of drug-likeness (QED) is 0.642. The topological polar surface area (TPSA) is 77.6 Å². The Kier molecular flexibility index (Phi) is 5.35. The summed E-state index contributed by atoms with van der Waals surface area (Å²) in [7, 11) is 3.56. The molecule has 2 N–H and O–H groups in total. The zero-order valence-corrected chi connectivity index (χ0v) is 18.6. The van der Waals surface area contributed by atoms with Crippen LogP contribution in [0.15, 0.2) is 54.3 Å². The first kappa shape index (κ1) is 20.6. The lowest BCUT2D eigenvalue weighted by molar-refractivity contribution is 0.149. The fourth-order valence-electron chi connectivity index (χ4n) is 4.91. The molecule has 2 aliphatic heterocycles. The molecule has 7 nitrogen and oxygen atoms in total. The second kappa shape index (κ2) is 8.31. The standard InChI is InChI=1S/C25H29N5O2/c1-28-21-9-8-19(32-2)14-20(21)27-25(28)23-22(31)16-30(24(23)26)18-10-12-29(13-11-18)15-17-6-4-3-5-7-17/h3-9,14,18,26,31H,10-13,15-16H2,1-2H3. The number of methoxy groups -OCH3 is 1. The number of benzene rings is 2. The van der Waals surface area contributed by atoms with Gasteiger partial charge in [0.1, 0.15) is 23.2 Å². The number of fused-ring (bicyclic) bond motifs is 1.